The lowest BCUT2D eigenvalue weighted by molar-refractivity contribution is -0.141. The van der Waals surface area contributed by atoms with E-state index in [0.29, 0.717) is 46.2 Å². The van der Waals surface area contributed by atoms with Crippen LogP contribution < -0.4 is 5.32 Å². The number of carbonyl (C=O) groups excluding carboxylic acids is 2. The molecule has 1 atom stereocenters. The van der Waals surface area contributed by atoms with Crippen LogP contribution in [-0.4, -0.2) is 31.8 Å². The second-order valence-corrected chi connectivity index (χ2v) is 13.0. The van der Waals surface area contributed by atoms with Crippen molar-refractivity contribution in [1.29, 1.82) is 0 Å². The first kappa shape index (κ1) is 36.6. The van der Waals surface area contributed by atoms with E-state index in [4.69, 9.17) is 25.8 Å². The molecule has 6 nitrogen and oxygen atoms in total. The van der Waals surface area contributed by atoms with Crippen molar-refractivity contribution < 1.29 is 23.8 Å². The number of halogens is 1. The molecule has 0 spiro atoms. The van der Waals surface area contributed by atoms with Crippen LogP contribution in [0.4, 0.5) is 0 Å². The van der Waals surface area contributed by atoms with Crippen molar-refractivity contribution in [3.8, 4) is 0 Å². The summed E-state index contributed by atoms with van der Waals surface area (Å²) in [5, 5.41) is 3.83. The predicted molar refractivity (Wildman–Crippen MR) is 199 cm³/mol. The number of nitrogens with one attached hydrogen (secondary N) is 1. The lowest BCUT2D eigenvalue weighted by Crippen LogP contribution is -2.35. The molecule has 1 aliphatic heterocycles. The Kier molecular flexibility index (Phi) is 13.9. The Morgan fingerprint density at radius 2 is 1.36 bits per heavy atom. The first-order valence-corrected chi connectivity index (χ1v) is 17.9. The van der Waals surface area contributed by atoms with Crippen LogP contribution in [0.15, 0.2) is 138 Å². The summed E-state index contributed by atoms with van der Waals surface area (Å²) in [6.45, 7) is 4.98. The zero-order valence-electron chi connectivity index (χ0n) is 28.9. The predicted octanol–water partition coefficient (Wildman–Crippen LogP) is 9.66. The Balaban J connectivity index is 1.43. The summed E-state index contributed by atoms with van der Waals surface area (Å²) in [6.07, 6.45) is 4.85. The number of carbonyl (C=O) groups is 2. The molecule has 0 aromatic heterocycles. The highest BCUT2D eigenvalue weighted by atomic mass is 35.5. The first-order valence-electron chi connectivity index (χ1n) is 17.5. The molecule has 4 aromatic rings. The molecule has 0 saturated heterocycles. The number of ether oxygens (including phenoxy) is 3. The average molecular weight is 692 g/mol. The molecule has 1 heterocycles. The summed E-state index contributed by atoms with van der Waals surface area (Å²) in [5.74, 6) is -1.80. The summed E-state index contributed by atoms with van der Waals surface area (Å²) < 4.78 is 18.1. The lowest BCUT2D eigenvalue weighted by Gasteiger charge is -2.32. The molecular weight excluding hydrogens is 646 g/mol. The molecule has 260 valence electrons. The van der Waals surface area contributed by atoms with Crippen LogP contribution in [0.25, 0.3) is 0 Å². The van der Waals surface area contributed by atoms with Crippen LogP contribution in [-0.2, 0) is 30.4 Å². The Morgan fingerprint density at radius 3 is 2.00 bits per heavy atom. The maximum atomic E-state index is 14.2. The molecule has 0 fully saturated rings. The topological polar surface area (TPSA) is 73.9 Å². The van der Waals surface area contributed by atoms with Crippen molar-refractivity contribution in [2.45, 2.75) is 64.4 Å². The van der Waals surface area contributed by atoms with E-state index in [2.05, 4.69) is 36.5 Å². The number of hydrogen-bond donors (Lipinski definition) is 1. The fourth-order valence-corrected chi connectivity index (χ4v) is 6.59. The Bertz CT molecular complexity index is 1710. The van der Waals surface area contributed by atoms with Gasteiger partial charge in [-0.1, -0.05) is 141 Å². The summed E-state index contributed by atoms with van der Waals surface area (Å²) >= 11 is 6.51. The largest absolute Gasteiger partial charge is 0.462 e. The quantitative estimate of drug-likeness (QED) is 0.0878. The number of dihydropyridines is 1. The molecular formula is C43H46ClNO5. The molecule has 50 heavy (non-hydrogen) atoms. The van der Waals surface area contributed by atoms with E-state index in [0.717, 1.165) is 42.4 Å². The fourth-order valence-electron chi connectivity index (χ4n) is 6.39. The van der Waals surface area contributed by atoms with Crippen LogP contribution in [0.5, 0.6) is 0 Å². The van der Waals surface area contributed by atoms with Crippen LogP contribution in [0.2, 0.25) is 5.02 Å². The van der Waals surface area contributed by atoms with E-state index in [9.17, 15) is 9.59 Å². The first-order chi connectivity index (χ1) is 24.5. The third-order valence-corrected chi connectivity index (χ3v) is 9.15. The molecule has 1 N–H and O–H groups in total. The van der Waals surface area contributed by atoms with Crippen molar-refractivity contribution in [3.05, 3.63) is 165 Å². The Labute approximate surface area is 301 Å². The highest BCUT2D eigenvalue weighted by molar-refractivity contribution is 6.30. The van der Waals surface area contributed by atoms with Crippen molar-refractivity contribution in [1.82, 2.24) is 5.32 Å². The summed E-state index contributed by atoms with van der Waals surface area (Å²) in [6, 6.07) is 37.2. The zero-order chi connectivity index (χ0) is 35.1. The van der Waals surface area contributed by atoms with Gasteiger partial charge < -0.3 is 19.5 Å². The number of allylic oxidation sites excluding steroid dienone is 1. The van der Waals surface area contributed by atoms with Gasteiger partial charge in [-0.2, -0.15) is 0 Å². The molecule has 1 aliphatic rings. The van der Waals surface area contributed by atoms with E-state index in [1.54, 1.807) is 12.1 Å². The lowest BCUT2D eigenvalue weighted by atomic mass is 9.80. The van der Waals surface area contributed by atoms with Gasteiger partial charge in [-0.25, -0.2) is 9.59 Å². The maximum absolute atomic E-state index is 14.2. The third-order valence-electron chi connectivity index (χ3n) is 8.91. The normalized spacial score (nSPS) is 14.4. The number of benzene rings is 4. The highest BCUT2D eigenvalue weighted by Crippen LogP contribution is 2.40. The van der Waals surface area contributed by atoms with Gasteiger partial charge in [-0.15, -0.1) is 0 Å². The van der Waals surface area contributed by atoms with Crippen LogP contribution in [0, 0.1) is 0 Å². The van der Waals surface area contributed by atoms with Gasteiger partial charge in [-0.05, 0) is 54.2 Å². The van der Waals surface area contributed by atoms with Crippen LogP contribution in [0.1, 0.15) is 80.0 Å². The maximum Gasteiger partial charge on any atom is 0.337 e. The number of rotatable bonds is 17. The van der Waals surface area contributed by atoms with Gasteiger partial charge in [0.1, 0.15) is 6.61 Å². The summed E-state index contributed by atoms with van der Waals surface area (Å²) in [4.78, 5) is 28.3. The minimum absolute atomic E-state index is 0.0398. The van der Waals surface area contributed by atoms with Gasteiger partial charge in [0.2, 0.25) is 0 Å². The molecule has 7 heteroatoms. The Morgan fingerprint density at radius 1 is 0.720 bits per heavy atom. The number of esters is 2. The molecule has 1 unspecified atom stereocenters. The minimum Gasteiger partial charge on any atom is -0.462 e. The average Bonchev–Trinajstić information content (AvgIpc) is 3.14. The summed E-state index contributed by atoms with van der Waals surface area (Å²) in [5.41, 5.74) is 5.62. The van der Waals surface area contributed by atoms with Gasteiger partial charge >= 0.3 is 11.9 Å². The molecule has 0 amide bonds. The van der Waals surface area contributed by atoms with Crippen molar-refractivity contribution in [2.75, 3.05) is 19.8 Å². The molecule has 0 radical (unpaired) electrons. The smallest absolute Gasteiger partial charge is 0.337 e. The van der Waals surface area contributed by atoms with Crippen molar-refractivity contribution >= 4 is 23.5 Å². The van der Waals surface area contributed by atoms with Gasteiger partial charge in [0.05, 0.1) is 36.0 Å². The molecule has 0 aliphatic carbocycles. The molecule has 0 saturated carbocycles. The van der Waals surface area contributed by atoms with Crippen molar-refractivity contribution in [2.24, 2.45) is 0 Å². The van der Waals surface area contributed by atoms with Crippen molar-refractivity contribution in [3.63, 3.8) is 0 Å². The van der Waals surface area contributed by atoms with Crippen LogP contribution in [0.3, 0.4) is 0 Å². The van der Waals surface area contributed by atoms with Crippen LogP contribution >= 0.6 is 11.6 Å². The number of unbranched alkanes of at least 4 members (excludes halogenated alkanes) is 3. The zero-order valence-corrected chi connectivity index (χ0v) is 29.7. The molecule has 5 rings (SSSR count). The Hall–Kier alpha value is -4.65. The fraction of sp³-hybridized carbons (Fsp3) is 0.302. The second kappa shape index (κ2) is 18.9. The van der Waals surface area contributed by atoms with E-state index in [1.807, 2.05) is 85.8 Å². The highest BCUT2D eigenvalue weighted by Gasteiger charge is 2.39. The monoisotopic (exact) mass is 691 g/mol. The van der Waals surface area contributed by atoms with Gasteiger partial charge in [0, 0.05) is 23.2 Å². The standard InChI is InChI=1S/C43H46ClNO5/c1-3-4-5-15-26-48-30-38-41(43(47)50-29-32-17-9-6-10-18-32)40(35-23-16-24-36(44)28-35)39(31(2)45-38)42(46)49-27-25-37(33-19-11-7-12-20-33)34-21-13-8-14-22-34/h6-14,16-24,28,37,40,45H,3-5,15,25-27,29-30H2,1-2H3. The van der Waals surface area contributed by atoms with Gasteiger partial charge in [0.25, 0.3) is 0 Å². The van der Waals surface area contributed by atoms with E-state index >= 15 is 0 Å². The second-order valence-electron chi connectivity index (χ2n) is 12.5. The summed E-state index contributed by atoms with van der Waals surface area (Å²) in [7, 11) is 0. The van der Waals surface area contributed by atoms with E-state index in [1.165, 1.54) is 0 Å². The van der Waals surface area contributed by atoms with Gasteiger partial charge in [0.15, 0.2) is 0 Å². The van der Waals surface area contributed by atoms with E-state index in [-0.39, 0.29) is 25.7 Å². The van der Waals surface area contributed by atoms with E-state index < -0.39 is 17.9 Å². The molecule has 4 aromatic carbocycles. The molecule has 0 bridgehead atoms. The minimum atomic E-state index is -0.788. The third kappa shape index (κ3) is 9.96. The SMILES string of the molecule is CCCCCCOCC1=C(C(=O)OCc2ccccc2)C(c2cccc(Cl)c2)C(C(=O)OCCC(c2ccccc2)c2ccccc2)=C(C)N1. The van der Waals surface area contributed by atoms with Gasteiger partial charge in [-0.3, -0.25) is 0 Å². The number of hydrogen-bond acceptors (Lipinski definition) is 6.